The van der Waals surface area contributed by atoms with Gasteiger partial charge in [0.05, 0.1) is 11.0 Å². The van der Waals surface area contributed by atoms with E-state index in [4.69, 9.17) is 0 Å². The molecule has 0 aliphatic carbocycles. The highest BCUT2D eigenvalue weighted by Gasteiger charge is 2.03. The minimum Gasteiger partial charge on any atom is -0.272 e. The summed E-state index contributed by atoms with van der Waals surface area (Å²) in [6.07, 6.45) is 1.80. The fourth-order valence-corrected chi connectivity index (χ4v) is 1.92. The highest BCUT2D eigenvalue weighted by atomic mass is 32.1. The normalized spacial score (nSPS) is 11.3. The molecule has 58 valence electrons. The zero-order valence-corrected chi connectivity index (χ0v) is 6.95. The van der Waals surface area contributed by atoms with Crippen molar-refractivity contribution < 1.29 is 0 Å². The van der Waals surface area contributed by atoms with Gasteiger partial charge in [-0.1, -0.05) is 12.1 Å². The Morgan fingerprint density at radius 2 is 2.17 bits per heavy atom. The number of para-hydroxylation sites is 2. The third kappa shape index (κ3) is 0.648. The first-order valence-electron chi connectivity index (χ1n) is 3.62. The molecule has 2 heterocycles. The van der Waals surface area contributed by atoms with E-state index >= 15 is 0 Å². The van der Waals surface area contributed by atoms with Crippen LogP contribution in [-0.2, 0) is 0 Å². The van der Waals surface area contributed by atoms with Gasteiger partial charge in [-0.15, -0.1) is 0 Å². The number of imidazole rings is 1. The lowest BCUT2D eigenvalue weighted by atomic mass is 10.3. The monoisotopic (exact) mass is 175 g/mol. The highest BCUT2D eigenvalue weighted by molar-refractivity contribution is 7.11. The van der Waals surface area contributed by atoms with Crippen LogP contribution >= 0.6 is 11.5 Å². The van der Waals surface area contributed by atoms with Crippen LogP contribution in [0.5, 0.6) is 0 Å². The van der Waals surface area contributed by atoms with Crippen molar-refractivity contribution in [3.63, 3.8) is 0 Å². The predicted octanol–water partition coefficient (Wildman–Crippen LogP) is 1.94. The van der Waals surface area contributed by atoms with Crippen LogP contribution in [0.3, 0.4) is 0 Å². The predicted molar refractivity (Wildman–Crippen MR) is 48.4 cm³/mol. The number of aromatic nitrogens is 3. The zero-order valence-electron chi connectivity index (χ0n) is 6.14. The van der Waals surface area contributed by atoms with Gasteiger partial charge in [0, 0.05) is 11.5 Å². The summed E-state index contributed by atoms with van der Waals surface area (Å²) < 4.78 is 6.05. The summed E-state index contributed by atoms with van der Waals surface area (Å²) >= 11 is 1.41. The quantitative estimate of drug-likeness (QED) is 0.522. The molecule has 0 amide bonds. The summed E-state index contributed by atoms with van der Waals surface area (Å²) in [5.74, 6) is 0. The standard InChI is InChI=1S/C8H5N3S/c1-2-4-7-6(3-1)10-8-11(7)5-9-12-8/h1-5H. The van der Waals surface area contributed by atoms with Crippen LogP contribution in [-0.4, -0.2) is 13.8 Å². The molecule has 3 rings (SSSR count). The molecule has 0 atom stereocenters. The van der Waals surface area contributed by atoms with E-state index < -0.39 is 0 Å². The Hall–Kier alpha value is -1.42. The lowest BCUT2D eigenvalue weighted by molar-refractivity contribution is 1.22. The van der Waals surface area contributed by atoms with Gasteiger partial charge in [0.2, 0.25) is 4.96 Å². The first-order chi connectivity index (χ1) is 5.95. The first kappa shape index (κ1) is 6.14. The van der Waals surface area contributed by atoms with Crippen LogP contribution in [0, 0.1) is 0 Å². The van der Waals surface area contributed by atoms with E-state index in [2.05, 4.69) is 9.36 Å². The van der Waals surface area contributed by atoms with Crippen molar-refractivity contribution in [2.45, 2.75) is 0 Å². The van der Waals surface area contributed by atoms with Crippen LogP contribution in [0.15, 0.2) is 30.6 Å². The SMILES string of the molecule is c1ccc2c(c1)nc1sncn12. The zero-order chi connectivity index (χ0) is 7.97. The van der Waals surface area contributed by atoms with Gasteiger partial charge in [-0.25, -0.2) is 4.98 Å². The Morgan fingerprint density at radius 3 is 3.17 bits per heavy atom. The Labute approximate surface area is 72.5 Å². The van der Waals surface area contributed by atoms with E-state index in [9.17, 15) is 0 Å². The molecule has 0 spiro atoms. The van der Waals surface area contributed by atoms with Crippen LogP contribution in [0.1, 0.15) is 0 Å². The third-order valence-electron chi connectivity index (χ3n) is 1.86. The van der Waals surface area contributed by atoms with Gasteiger partial charge in [-0.05, 0) is 12.1 Å². The van der Waals surface area contributed by atoms with Crippen molar-refractivity contribution >= 4 is 27.5 Å². The smallest absolute Gasteiger partial charge is 0.214 e. The van der Waals surface area contributed by atoms with Crippen molar-refractivity contribution in [3.8, 4) is 0 Å². The molecule has 0 radical (unpaired) electrons. The molecule has 3 nitrogen and oxygen atoms in total. The average Bonchev–Trinajstić information content (AvgIpc) is 2.62. The van der Waals surface area contributed by atoms with Crippen molar-refractivity contribution in [2.75, 3.05) is 0 Å². The van der Waals surface area contributed by atoms with Gasteiger partial charge in [-0.2, -0.15) is 4.37 Å². The average molecular weight is 175 g/mol. The van der Waals surface area contributed by atoms with Crippen molar-refractivity contribution in [2.24, 2.45) is 0 Å². The van der Waals surface area contributed by atoms with Gasteiger partial charge < -0.3 is 0 Å². The van der Waals surface area contributed by atoms with Crippen LogP contribution in [0.2, 0.25) is 0 Å². The molecule has 0 fully saturated rings. The maximum atomic E-state index is 4.39. The first-order valence-corrected chi connectivity index (χ1v) is 4.40. The van der Waals surface area contributed by atoms with Crippen molar-refractivity contribution in [3.05, 3.63) is 30.6 Å². The molecule has 0 unspecified atom stereocenters. The number of hydrogen-bond donors (Lipinski definition) is 0. The van der Waals surface area contributed by atoms with E-state index in [1.54, 1.807) is 6.33 Å². The molecule has 0 bridgehead atoms. The summed E-state index contributed by atoms with van der Waals surface area (Å²) in [5, 5.41) is 0. The Balaban J connectivity index is 2.68. The summed E-state index contributed by atoms with van der Waals surface area (Å²) in [6.45, 7) is 0. The van der Waals surface area contributed by atoms with Gasteiger partial charge in [0.25, 0.3) is 0 Å². The topological polar surface area (TPSA) is 30.2 Å². The van der Waals surface area contributed by atoms with Crippen LogP contribution in [0.4, 0.5) is 0 Å². The molecule has 1 aromatic carbocycles. The number of rotatable bonds is 0. The molecular formula is C8H5N3S. The van der Waals surface area contributed by atoms with E-state index in [0.29, 0.717) is 0 Å². The Morgan fingerprint density at radius 1 is 1.25 bits per heavy atom. The van der Waals surface area contributed by atoms with Gasteiger partial charge in [0.1, 0.15) is 6.33 Å². The molecule has 0 saturated heterocycles. The highest BCUT2D eigenvalue weighted by Crippen LogP contribution is 2.17. The fraction of sp³-hybridized carbons (Fsp3) is 0. The van der Waals surface area contributed by atoms with Gasteiger partial charge in [0.15, 0.2) is 0 Å². The second kappa shape index (κ2) is 2.04. The summed E-state index contributed by atoms with van der Waals surface area (Å²) in [5.41, 5.74) is 2.16. The fourth-order valence-electron chi connectivity index (χ4n) is 1.32. The second-order valence-corrected chi connectivity index (χ2v) is 3.32. The van der Waals surface area contributed by atoms with E-state index in [-0.39, 0.29) is 0 Å². The lowest BCUT2D eigenvalue weighted by Crippen LogP contribution is -1.74. The summed E-state index contributed by atoms with van der Waals surface area (Å²) in [7, 11) is 0. The summed E-state index contributed by atoms with van der Waals surface area (Å²) in [6, 6.07) is 8.06. The molecule has 0 saturated carbocycles. The minimum absolute atomic E-state index is 0.955. The van der Waals surface area contributed by atoms with Crippen LogP contribution in [0.25, 0.3) is 16.0 Å². The molecule has 3 aromatic rings. The van der Waals surface area contributed by atoms with E-state index in [0.717, 1.165) is 16.0 Å². The van der Waals surface area contributed by atoms with E-state index in [1.807, 2.05) is 28.7 Å². The molecule has 0 aliphatic rings. The molecule has 4 heteroatoms. The Kier molecular flexibility index (Phi) is 1.04. The number of fused-ring (bicyclic) bond motifs is 3. The van der Waals surface area contributed by atoms with Crippen molar-refractivity contribution in [1.29, 1.82) is 0 Å². The lowest BCUT2D eigenvalue weighted by Gasteiger charge is -1.85. The number of benzene rings is 1. The van der Waals surface area contributed by atoms with Gasteiger partial charge in [-0.3, -0.25) is 4.40 Å². The Bertz CT molecular complexity index is 536. The molecular weight excluding hydrogens is 170 g/mol. The van der Waals surface area contributed by atoms with Crippen molar-refractivity contribution in [1.82, 2.24) is 13.8 Å². The molecule has 12 heavy (non-hydrogen) atoms. The molecule has 0 N–H and O–H groups in total. The van der Waals surface area contributed by atoms with Crippen LogP contribution < -0.4 is 0 Å². The molecule has 0 aliphatic heterocycles. The maximum absolute atomic E-state index is 4.39. The molecule has 2 aromatic heterocycles. The number of nitrogens with zero attached hydrogens (tertiary/aromatic N) is 3. The number of hydrogen-bond acceptors (Lipinski definition) is 3. The van der Waals surface area contributed by atoms with Gasteiger partial charge >= 0.3 is 0 Å². The largest absolute Gasteiger partial charge is 0.272 e. The second-order valence-electron chi connectivity index (χ2n) is 2.57. The maximum Gasteiger partial charge on any atom is 0.214 e. The summed E-state index contributed by atoms with van der Waals surface area (Å²) in [4.78, 5) is 5.35. The van der Waals surface area contributed by atoms with E-state index in [1.165, 1.54) is 11.5 Å². The third-order valence-corrected chi connectivity index (χ3v) is 2.51. The minimum atomic E-state index is 0.955.